The van der Waals surface area contributed by atoms with Gasteiger partial charge in [-0.15, -0.1) is 0 Å². The van der Waals surface area contributed by atoms with Crippen LogP contribution in [-0.4, -0.2) is 51.6 Å². The van der Waals surface area contributed by atoms with Gasteiger partial charge in [0.1, 0.15) is 24.5 Å². The number of hydrogen-bond acceptors (Lipinski definition) is 6. The van der Waals surface area contributed by atoms with Crippen molar-refractivity contribution in [2.45, 2.75) is 38.4 Å². The molecular formula is C19H20F3N5O3S. The zero-order chi connectivity index (χ0) is 22.3. The van der Waals surface area contributed by atoms with Crippen LogP contribution in [0.25, 0.3) is 11.4 Å². The van der Waals surface area contributed by atoms with E-state index in [0.717, 1.165) is 16.7 Å². The van der Waals surface area contributed by atoms with E-state index in [1.54, 1.807) is 10.6 Å². The van der Waals surface area contributed by atoms with Gasteiger partial charge in [0.05, 0.1) is 17.8 Å². The van der Waals surface area contributed by atoms with E-state index in [1.165, 1.54) is 19.2 Å². The minimum Gasteiger partial charge on any atom is -0.488 e. The van der Waals surface area contributed by atoms with Gasteiger partial charge in [0, 0.05) is 11.9 Å². The number of carbonyl (C=O) groups is 2. The van der Waals surface area contributed by atoms with Gasteiger partial charge in [-0.2, -0.15) is 0 Å². The Kier molecular flexibility index (Phi) is 5.73. The first-order valence-electron chi connectivity index (χ1n) is 9.60. The number of fused-ring (bicyclic) bond motifs is 3. The molecule has 1 saturated heterocycles. The van der Waals surface area contributed by atoms with Crippen LogP contribution in [0.2, 0.25) is 0 Å². The number of aromatic nitrogens is 2. The third kappa shape index (κ3) is 3.91. The summed E-state index contributed by atoms with van der Waals surface area (Å²) in [4.78, 5) is 29.1. The quantitative estimate of drug-likeness (QED) is 0.719. The Morgan fingerprint density at radius 2 is 2.19 bits per heavy atom. The molecule has 0 radical (unpaired) electrons. The third-order valence-corrected chi connectivity index (χ3v) is 6.07. The first kappa shape index (κ1) is 21.3. The molecule has 0 spiro atoms. The number of nitrogens with two attached hydrogens (primary N) is 1. The first-order valence-corrected chi connectivity index (χ1v) is 10.6. The number of ether oxygens (including phenoxy) is 1. The van der Waals surface area contributed by atoms with Crippen LogP contribution in [0.15, 0.2) is 18.3 Å². The number of alkyl halides is 2. The van der Waals surface area contributed by atoms with Crippen molar-refractivity contribution >= 4 is 34.4 Å². The van der Waals surface area contributed by atoms with Gasteiger partial charge in [0.25, 0.3) is 11.7 Å². The maximum atomic E-state index is 15.1. The summed E-state index contributed by atoms with van der Waals surface area (Å²) >= 11 is 0.964. The number of rotatable bonds is 5. The standard InChI is InChI=1S/C19H20F3N5O3S/c1-9(17(23)28)24-11-3-2-10-15(14(11)20)30-6-5-26-8-13(25-18(10)26)27-12(16(21)22)4-7-31-19(27)29/h2-3,8-9,12,16,24H,4-7H2,1H3,(H2,23,28)/t9-,12-/m0/s1. The zero-order valence-electron chi connectivity index (χ0n) is 16.5. The van der Waals surface area contributed by atoms with E-state index in [-0.39, 0.29) is 36.8 Å². The fourth-order valence-electron chi connectivity index (χ4n) is 3.54. The molecule has 8 nitrogen and oxygen atoms in total. The van der Waals surface area contributed by atoms with E-state index in [2.05, 4.69) is 10.3 Å². The molecule has 12 heteroatoms. The maximum Gasteiger partial charge on any atom is 0.287 e. The second kappa shape index (κ2) is 8.33. The number of thioether (sulfide) groups is 1. The molecule has 1 aromatic heterocycles. The number of nitrogens with one attached hydrogen (secondary N) is 1. The summed E-state index contributed by atoms with van der Waals surface area (Å²) in [6, 6.07) is 0.910. The highest BCUT2D eigenvalue weighted by molar-refractivity contribution is 8.14. The van der Waals surface area contributed by atoms with Crippen molar-refractivity contribution in [3.8, 4) is 17.1 Å². The number of halogens is 3. The molecule has 0 unspecified atom stereocenters. The van der Waals surface area contributed by atoms with Gasteiger partial charge in [0.15, 0.2) is 17.4 Å². The molecule has 2 aliphatic heterocycles. The minimum absolute atomic E-state index is 0.0330. The number of imidazole rings is 1. The Labute approximate surface area is 179 Å². The summed E-state index contributed by atoms with van der Waals surface area (Å²) in [5, 5.41) is 2.20. The van der Waals surface area contributed by atoms with Crippen LogP contribution in [0.4, 0.5) is 29.5 Å². The molecule has 1 aromatic carbocycles. The Morgan fingerprint density at radius 3 is 2.90 bits per heavy atom. The summed E-state index contributed by atoms with van der Waals surface area (Å²) in [5.41, 5.74) is 5.56. The highest BCUT2D eigenvalue weighted by atomic mass is 32.2. The molecule has 2 atom stereocenters. The van der Waals surface area contributed by atoms with Gasteiger partial charge in [-0.25, -0.2) is 18.2 Å². The monoisotopic (exact) mass is 455 g/mol. The second-order valence-corrected chi connectivity index (χ2v) is 8.26. The number of nitrogens with zero attached hydrogens (tertiary/aromatic N) is 3. The number of hydrogen-bond donors (Lipinski definition) is 2. The van der Waals surface area contributed by atoms with Crippen LogP contribution >= 0.6 is 11.8 Å². The highest BCUT2D eigenvalue weighted by Gasteiger charge is 2.38. The average molecular weight is 455 g/mol. The van der Waals surface area contributed by atoms with Crippen molar-refractivity contribution < 1.29 is 27.5 Å². The molecule has 166 valence electrons. The van der Waals surface area contributed by atoms with Gasteiger partial charge >= 0.3 is 0 Å². The van der Waals surface area contributed by atoms with Crippen LogP contribution in [0, 0.1) is 5.82 Å². The maximum absolute atomic E-state index is 15.1. The Morgan fingerprint density at radius 1 is 1.42 bits per heavy atom. The molecule has 3 heterocycles. The molecule has 2 aliphatic rings. The van der Waals surface area contributed by atoms with Crippen molar-refractivity contribution in [2.75, 3.05) is 22.6 Å². The number of benzene rings is 1. The SMILES string of the molecule is C[C@H](Nc1ccc2c(c1F)OCCn1cc(N3C(=O)SCC[C@H]3C(F)F)nc1-2)C(N)=O. The van der Waals surface area contributed by atoms with Crippen LogP contribution in [-0.2, 0) is 11.3 Å². The lowest BCUT2D eigenvalue weighted by Gasteiger charge is -2.32. The molecule has 4 rings (SSSR count). The van der Waals surface area contributed by atoms with E-state index in [4.69, 9.17) is 10.5 Å². The highest BCUT2D eigenvalue weighted by Crippen LogP contribution is 2.40. The van der Waals surface area contributed by atoms with Crippen molar-refractivity contribution in [3.63, 3.8) is 0 Å². The molecule has 0 saturated carbocycles. The van der Waals surface area contributed by atoms with E-state index in [9.17, 15) is 18.4 Å². The average Bonchev–Trinajstić information content (AvgIpc) is 3.05. The summed E-state index contributed by atoms with van der Waals surface area (Å²) in [6.45, 7) is 1.88. The van der Waals surface area contributed by atoms with E-state index >= 15 is 4.39 Å². The first-order chi connectivity index (χ1) is 14.8. The van der Waals surface area contributed by atoms with Gasteiger partial charge in [0.2, 0.25) is 5.91 Å². The second-order valence-electron chi connectivity index (χ2n) is 7.21. The normalized spacial score (nSPS) is 19.3. The van der Waals surface area contributed by atoms with Crippen molar-refractivity contribution in [2.24, 2.45) is 5.73 Å². The van der Waals surface area contributed by atoms with Crippen LogP contribution < -0.4 is 20.7 Å². The Balaban J connectivity index is 1.74. The fourth-order valence-corrected chi connectivity index (χ4v) is 4.44. The topological polar surface area (TPSA) is 102 Å². The molecule has 2 aromatic rings. The largest absolute Gasteiger partial charge is 0.488 e. The van der Waals surface area contributed by atoms with Crippen LogP contribution in [0.5, 0.6) is 5.75 Å². The smallest absolute Gasteiger partial charge is 0.287 e. The van der Waals surface area contributed by atoms with Gasteiger partial charge in [-0.05, 0) is 25.5 Å². The lowest BCUT2D eigenvalue weighted by atomic mass is 10.1. The molecular weight excluding hydrogens is 435 g/mol. The van der Waals surface area contributed by atoms with Gasteiger partial charge < -0.3 is 20.4 Å². The van der Waals surface area contributed by atoms with Crippen molar-refractivity contribution in [3.05, 3.63) is 24.1 Å². The number of primary amides is 1. The number of amides is 2. The Hall–Kier alpha value is -2.89. The predicted octanol–water partition coefficient (Wildman–Crippen LogP) is 3.06. The van der Waals surface area contributed by atoms with E-state index in [1.807, 2.05) is 0 Å². The minimum atomic E-state index is -2.71. The van der Waals surface area contributed by atoms with Gasteiger partial charge in [-0.3, -0.25) is 14.5 Å². The number of anilines is 2. The summed E-state index contributed by atoms with van der Waals surface area (Å²) < 4.78 is 49.4. The fraction of sp³-hybridized carbons (Fsp3) is 0.421. The van der Waals surface area contributed by atoms with Crippen LogP contribution in [0.3, 0.4) is 0 Å². The third-order valence-electron chi connectivity index (χ3n) is 5.18. The zero-order valence-corrected chi connectivity index (χ0v) is 17.3. The van der Waals surface area contributed by atoms with E-state index in [0.29, 0.717) is 17.1 Å². The summed E-state index contributed by atoms with van der Waals surface area (Å²) in [7, 11) is 0. The van der Waals surface area contributed by atoms with E-state index < -0.39 is 35.5 Å². The molecule has 0 bridgehead atoms. The van der Waals surface area contributed by atoms with Gasteiger partial charge in [-0.1, -0.05) is 11.8 Å². The van der Waals surface area contributed by atoms with Crippen molar-refractivity contribution in [1.82, 2.24) is 9.55 Å². The molecule has 2 amide bonds. The van der Waals surface area contributed by atoms with Crippen LogP contribution in [0.1, 0.15) is 13.3 Å². The predicted molar refractivity (Wildman–Crippen MR) is 110 cm³/mol. The molecule has 0 aliphatic carbocycles. The molecule has 31 heavy (non-hydrogen) atoms. The Bertz CT molecular complexity index is 1030. The van der Waals surface area contributed by atoms with Crippen molar-refractivity contribution in [1.29, 1.82) is 0 Å². The number of carbonyl (C=O) groups excluding carboxylic acids is 2. The summed E-state index contributed by atoms with van der Waals surface area (Å²) in [5.74, 6) is -0.740. The molecule has 1 fully saturated rings. The lowest BCUT2D eigenvalue weighted by Crippen LogP contribution is -2.46. The lowest BCUT2D eigenvalue weighted by molar-refractivity contribution is -0.118. The summed E-state index contributed by atoms with van der Waals surface area (Å²) in [6.07, 6.45) is -1.05. The molecule has 3 N–H and O–H groups in total.